The lowest BCUT2D eigenvalue weighted by atomic mass is 10.2. The fourth-order valence-electron chi connectivity index (χ4n) is 2.46. The normalized spacial score (nSPS) is 22.5. The topological polar surface area (TPSA) is 50.8 Å². The molecule has 0 spiro atoms. The molecule has 1 aromatic rings. The van der Waals surface area contributed by atoms with Crippen LogP contribution < -0.4 is 10.1 Å². The van der Waals surface area contributed by atoms with Crippen molar-refractivity contribution >= 4 is 11.7 Å². The van der Waals surface area contributed by atoms with Crippen molar-refractivity contribution in [3.05, 3.63) is 23.8 Å². The molecule has 2 unspecified atom stereocenters. The summed E-state index contributed by atoms with van der Waals surface area (Å²) < 4.78 is 10.9. The second-order valence-corrected chi connectivity index (χ2v) is 5.30. The number of carbonyl (C=O) groups is 1. The third-order valence-corrected chi connectivity index (χ3v) is 3.30. The van der Waals surface area contributed by atoms with Gasteiger partial charge in [0.1, 0.15) is 5.75 Å². The molecule has 1 aliphatic rings. The van der Waals surface area contributed by atoms with E-state index in [1.807, 2.05) is 39.0 Å². The molecule has 1 heterocycles. The van der Waals surface area contributed by atoms with Crippen molar-refractivity contribution in [1.82, 2.24) is 4.90 Å². The number of benzene rings is 1. The lowest BCUT2D eigenvalue weighted by Crippen LogP contribution is -2.49. The minimum Gasteiger partial charge on any atom is -0.495 e. The van der Waals surface area contributed by atoms with E-state index in [0.717, 1.165) is 5.56 Å². The van der Waals surface area contributed by atoms with Crippen LogP contribution in [0, 0.1) is 6.92 Å². The van der Waals surface area contributed by atoms with Gasteiger partial charge in [-0.15, -0.1) is 0 Å². The van der Waals surface area contributed by atoms with E-state index in [1.165, 1.54) is 0 Å². The Morgan fingerprint density at radius 3 is 2.60 bits per heavy atom. The van der Waals surface area contributed by atoms with Gasteiger partial charge < -0.3 is 19.7 Å². The lowest BCUT2D eigenvalue weighted by Gasteiger charge is -2.35. The van der Waals surface area contributed by atoms with Gasteiger partial charge in [0.05, 0.1) is 25.0 Å². The first-order valence-corrected chi connectivity index (χ1v) is 6.85. The Bertz CT molecular complexity index is 480. The molecule has 0 aromatic heterocycles. The summed E-state index contributed by atoms with van der Waals surface area (Å²) in [5, 5.41) is 2.92. The Kier molecular flexibility index (Phi) is 4.49. The molecule has 2 atom stereocenters. The maximum Gasteiger partial charge on any atom is 0.322 e. The Morgan fingerprint density at radius 1 is 1.35 bits per heavy atom. The molecule has 5 heteroatoms. The highest BCUT2D eigenvalue weighted by Gasteiger charge is 2.26. The molecule has 20 heavy (non-hydrogen) atoms. The highest BCUT2D eigenvalue weighted by Crippen LogP contribution is 2.25. The molecule has 110 valence electrons. The Labute approximate surface area is 119 Å². The van der Waals surface area contributed by atoms with Crippen molar-refractivity contribution in [3.63, 3.8) is 0 Å². The molecule has 2 rings (SSSR count). The second kappa shape index (κ2) is 6.13. The van der Waals surface area contributed by atoms with Crippen molar-refractivity contribution in [2.24, 2.45) is 0 Å². The number of amides is 2. The van der Waals surface area contributed by atoms with Gasteiger partial charge in [-0.25, -0.2) is 4.79 Å². The van der Waals surface area contributed by atoms with E-state index >= 15 is 0 Å². The van der Waals surface area contributed by atoms with E-state index in [9.17, 15) is 4.79 Å². The minimum absolute atomic E-state index is 0.0592. The Balaban J connectivity index is 2.09. The van der Waals surface area contributed by atoms with Crippen molar-refractivity contribution in [2.75, 3.05) is 25.5 Å². The third kappa shape index (κ3) is 3.42. The van der Waals surface area contributed by atoms with Crippen LogP contribution in [0.5, 0.6) is 5.75 Å². The first-order chi connectivity index (χ1) is 9.49. The predicted octanol–water partition coefficient (Wildman–Crippen LogP) is 2.64. The van der Waals surface area contributed by atoms with Crippen LogP contribution in [-0.4, -0.2) is 43.3 Å². The number of morpholine rings is 1. The zero-order valence-electron chi connectivity index (χ0n) is 12.5. The van der Waals surface area contributed by atoms with Crippen LogP contribution in [0.15, 0.2) is 18.2 Å². The Morgan fingerprint density at radius 2 is 2.00 bits per heavy atom. The van der Waals surface area contributed by atoms with Crippen molar-refractivity contribution < 1.29 is 14.3 Å². The molecule has 0 bridgehead atoms. The standard InChI is InChI=1S/C15H22N2O3/c1-10-5-6-14(19-4)13(7-10)16-15(18)17-8-11(2)20-12(3)9-17/h5-7,11-12H,8-9H2,1-4H3,(H,16,18). The number of hydrogen-bond acceptors (Lipinski definition) is 3. The number of nitrogens with one attached hydrogen (secondary N) is 1. The number of urea groups is 1. The van der Waals surface area contributed by atoms with Gasteiger partial charge in [0.15, 0.2) is 0 Å². The van der Waals surface area contributed by atoms with Crippen LogP contribution in [-0.2, 0) is 4.74 Å². The number of rotatable bonds is 2. The van der Waals surface area contributed by atoms with Crippen molar-refractivity contribution in [1.29, 1.82) is 0 Å². The number of nitrogens with zero attached hydrogens (tertiary/aromatic N) is 1. The second-order valence-electron chi connectivity index (χ2n) is 5.30. The van der Waals surface area contributed by atoms with Crippen LogP contribution in [0.2, 0.25) is 0 Å². The largest absolute Gasteiger partial charge is 0.495 e. The molecule has 1 N–H and O–H groups in total. The summed E-state index contributed by atoms with van der Waals surface area (Å²) in [6, 6.07) is 5.60. The first kappa shape index (κ1) is 14.7. The summed E-state index contributed by atoms with van der Waals surface area (Å²) in [6.45, 7) is 7.13. The maximum atomic E-state index is 12.3. The van der Waals surface area contributed by atoms with Gasteiger partial charge in [-0.2, -0.15) is 0 Å². The van der Waals surface area contributed by atoms with Gasteiger partial charge in [0.25, 0.3) is 0 Å². The molecular weight excluding hydrogens is 256 g/mol. The quantitative estimate of drug-likeness (QED) is 0.904. The average molecular weight is 278 g/mol. The number of methoxy groups -OCH3 is 1. The lowest BCUT2D eigenvalue weighted by molar-refractivity contribution is -0.0530. The van der Waals surface area contributed by atoms with Crippen LogP contribution in [0.1, 0.15) is 19.4 Å². The summed E-state index contributed by atoms with van der Waals surface area (Å²) in [6.07, 6.45) is 0.118. The minimum atomic E-state index is -0.115. The van der Waals surface area contributed by atoms with Crippen LogP contribution in [0.3, 0.4) is 0 Å². The van der Waals surface area contributed by atoms with E-state index in [4.69, 9.17) is 9.47 Å². The number of ether oxygens (including phenoxy) is 2. The molecule has 1 saturated heterocycles. The van der Waals surface area contributed by atoms with Crippen LogP contribution >= 0.6 is 0 Å². The van der Waals surface area contributed by atoms with Gasteiger partial charge in [-0.1, -0.05) is 6.07 Å². The molecule has 1 fully saturated rings. The molecule has 0 saturated carbocycles. The highest BCUT2D eigenvalue weighted by molar-refractivity contribution is 5.91. The van der Waals surface area contributed by atoms with Gasteiger partial charge in [0, 0.05) is 13.1 Å². The van der Waals surface area contributed by atoms with Gasteiger partial charge in [-0.3, -0.25) is 0 Å². The molecule has 0 aliphatic carbocycles. The van der Waals surface area contributed by atoms with E-state index in [2.05, 4.69) is 5.32 Å². The van der Waals surface area contributed by atoms with Gasteiger partial charge in [-0.05, 0) is 38.5 Å². The van der Waals surface area contributed by atoms with Crippen molar-refractivity contribution in [3.8, 4) is 5.75 Å². The summed E-state index contributed by atoms with van der Waals surface area (Å²) in [7, 11) is 1.60. The molecule has 0 radical (unpaired) electrons. The van der Waals surface area contributed by atoms with Crippen molar-refractivity contribution in [2.45, 2.75) is 33.0 Å². The SMILES string of the molecule is COc1ccc(C)cc1NC(=O)N1CC(C)OC(C)C1. The van der Waals surface area contributed by atoms with E-state index < -0.39 is 0 Å². The average Bonchev–Trinajstić information content (AvgIpc) is 2.37. The highest BCUT2D eigenvalue weighted by atomic mass is 16.5. The summed E-state index contributed by atoms with van der Waals surface area (Å²) in [5.74, 6) is 0.665. The van der Waals surface area contributed by atoms with E-state index in [1.54, 1.807) is 12.0 Å². The van der Waals surface area contributed by atoms with E-state index in [-0.39, 0.29) is 18.2 Å². The molecule has 5 nitrogen and oxygen atoms in total. The third-order valence-electron chi connectivity index (χ3n) is 3.30. The number of carbonyl (C=O) groups excluding carboxylic acids is 1. The monoisotopic (exact) mass is 278 g/mol. The molecule has 2 amide bonds. The Hall–Kier alpha value is -1.75. The summed E-state index contributed by atoms with van der Waals surface area (Å²) in [5.41, 5.74) is 1.77. The zero-order chi connectivity index (χ0) is 14.7. The van der Waals surface area contributed by atoms with Gasteiger partial charge in [0.2, 0.25) is 0 Å². The van der Waals surface area contributed by atoms with Gasteiger partial charge >= 0.3 is 6.03 Å². The summed E-state index contributed by atoms with van der Waals surface area (Å²) in [4.78, 5) is 14.1. The number of aryl methyl sites for hydroxylation is 1. The fourth-order valence-corrected chi connectivity index (χ4v) is 2.46. The predicted molar refractivity (Wildman–Crippen MR) is 78.3 cm³/mol. The summed E-state index contributed by atoms with van der Waals surface area (Å²) >= 11 is 0. The molecular formula is C15H22N2O3. The zero-order valence-corrected chi connectivity index (χ0v) is 12.5. The maximum absolute atomic E-state index is 12.3. The molecule has 1 aliphatic heterocycles. The van der Waals surface area contributed by atoms with Crippen LogP contribution in [0.25, 0.3) is 0 Å². The number of hydrogen-bond donors (Lipinski definition) is 1. The van der Waals surface area contributed by atoms with Crippen LogP contribution in [0.4, 0.5) is 10.5 Å². The number of anilines is 1. The fraction of sp³-hybridized carbons (Fsp3) is 0.533. The first-order valence-electron chi connectivity index (χ1n) is 6.85. The van der Waals surface area contributed by atoms with E-state index in [0.29, 0.717) is 24.5 Å². The molecule has 1 aromatic carbocycles. The smallest absolute Gasteiger partial charge is 0.322 e.